The number of ketones is 2. The first kappa shape index (κ1) is 18.4. The molecule has 128 valence electrons. The van der Waals surface area contributed by atoms with Crippen molar-refractivity contribution >= 4 is 35.1 Å². The molecule has 2 amide bonds. The Hall–Kier alpha value is -1.95. The lowest BCUT2D eigenvalue weighted by Gasteiger charge is -2.13. The Kier molecular flexibility index (Phi) is 6.73. The molecule has 1 heterocycles. The van der Waals surface area contributed by atoms with Crippen LogP contribution in [0.1, 0.15) is 53.3 Å². The lowest BCUT2D eigenvalue weighted by atomic mass is 10.1. The van der Waals surface area contributed by atoms with Gasteiger partial charge in [-0.15, -0.1) is 11.8 Å². The standard InChI is InChI=1S/C18H21NO4S/c1-2-13(20)11-24-12-14(21)7-5-6-10-19-17(22)15-8-3-4-9-16(15)18(19)23/h3-4,8-9H,2,5-7,10-12H2,1H3. The van der Waals surface area contributed by atoms with Crippen LogP contribution < -0.4 is 0 Å². The van der Waals surface area contributed by atoms with Crippen molar-refractivity contribution in [3.63, 3.8) is 0 Å². The zero-order valence-electron chi connectivity index (χ0n) is 13.7. The van der Waals surface area contributed by atoms with Gasteiger partial charge in [0.1, 0.15) is 11.6 Å². The first-order valence-electron chi connectivity index (χ1n) is 8.11. The molecule has 0 spiro atoms. The van der Waals surface area contributed by atoms with Crippen molar-refractivity contribution in [1.82, 2.24) is 4.90 Å². The molecule has 0 atom stereocenters. The molecular formula is C18H21NO4S. The van der Waals surface area contributed by atoms with Gasteiger partial charge in [-0.1, -0.05) is 19.1 Å². The minimum absolute atomic E-state index is 0.103. The minimum Gasteiger partial charge on any atom is -0.299 e. The molecule has 6 heteroatoms. The molecule has 24 heavy (non-hydrogen) atoms. The predicted molar refractivity (Wildman–Crippen MR) is 93.3 cm³/mol. The van der Waals surface area contributed by atoms with Gasteiger partial charge >= 0.3 is 0 Å². The van der Waals surface area contributed by atoms with Gasteiger partial charge in [-0.05, 0) is 25.0 Å². The van der Waals surface area contributed by atoms with E-state index in [0.29, 0.717) is 54.9 Å². The second-order valence-corrected chi connectivity index (χ2v) is 6.67. The molecule has 0 aliphatic carbocycles. The van der Waals surface area contributed by atoms with Crippen LogP contribution in [0.25, 0.3) is 0 Å². The van der Waals surface area contributed by atoms with E-state index in [-0.39, 0.29) is 23.4 Å². The van der Waals surface area contributed by atoms with Crippen LogP contribution in [0.2, 0.25) is 0 Å². The van der Waals surface area contributed by atoms with Crippen molar-refractivity contribution < 1.29 is 19.2 Å². The van der Waals surface area contributed by atoms with Gasteiger partial charge in [-0.25, -0.2) is 0 Å². The van der Waals surface area contributed by atoms with Crippen molar-refractivity contribution in [1.29, 1.82) is 0 Å². The average molecular weight is 347 g/mol. The monoisotopic (exact) mass is 347 g/mol. The number of amides is 2. The maximum absolute atomic E-state index is 12.2. The van der Waals surface area contributed by atoms with E-state index in [1.807, 2.05) is 6.92 Å². The van der Waals surface area contributed by atoms with Crippen LogP contribution in [0.5, 0.6) is 0 Å². The number of carbonyl (C=O) groups excluding carboxylic acids is 4. The Balaban J connectivity index is 1.68. The third-order valence-electron chi connectivity index (χ3n) is 3.89. The smallest absolute Gasteiger partial charge is 0.261 e. The van der Waals surface area contributed by atoms with Crippen molar-refractivity contribution in [3.05, 3.63) is 35.4 Å². The van der Waals surface area contributed by atoms with Gasteiger partial charge in [-0.2, -0.15) is 0 Å². The van der Waals surface area contributed by atoms with E-state index in [4.69, 9.17) is 0 Å². The lowest BCUT2D eigenvalue weighted by Crippen LogP contribution is -2.30. The molecule has 1 aliphatic rings. The SMILES string of the molecule is CCC(=O)CSCC(=O)CCCCN1C(=O)c2ccccc2C1=O. The summed E-state index contributed by atoms with van der Waals surface area (Å²) in [7, 11) is 0. The van der Waals surface area contributed by atoms with Crippen LogP contribution in [-0.2, 0) is 9.59 Å². The number of hydrogen-bond acceptors (Lipinski definition) is 5. The van der Waals surface area contributed by atoms with Crippen molar-refractivity contribution in [2.45, 2.75) is 32.6 Å². The Morgan fingerprint density at radius 2 is 1.54 bits per heavy atom. The molecular weight excluding hydrogens is 326 g/mol. The summed E-state index contributed by atoms with van der Waals surface area (Å²) in [5.74, 6) is 0.478. The quantitative estimate of drug-likeness (QED) is 0.481. The van der Waals surface area contributed by atoms with E-state index in [1.165, 1.54) is 16.7 Å². The number of fused-ring (bicyclic) bond motifs is 1. The highest BCUT2D eigenvalue weighted by molar-refractivity contribution is 8.00. The summed E-state index contributed by atoms with van der Waals surface area (Å²) >= 11 is 1.35. The van der Waals surface area contributed by atoms with Gasteiger partial charge in [0.25, 0.3) is 11.8 Å². The molecule has 0 bridgehead atoms. The summed E-state index contributed by atoms with van der Waals surface area (Å²) in [4.78, 5) is 48.5. The summed E-state index contributed by atoms with van der Waals surface area (Å²) in [6.07, 6.45) is 2.16. The molecule has 0 saturated carbocycles. The minimum atomic E-state index is -0.254. The van der Waals surface area contributed by atoms with Crippen molar-refractivity contribution in [2.75, 3.05) is 18.1 Å². The first-order valence-corrected chi connectivity index (χ1v) is 9.26. The van der Waals surface area contributed by atoms with Gasteiger partial charge < -0.3 is 0 Å². The Labute approximate surface area is 145 Å². The number of carbonyl (C=O) groups is 4. The van der Waals surface area contributed by atoms with Crippen LogP contribution in [0.15, 0.2) is 24.3 Å². The number of unbranched alkanes of at least 4 members (excludes halogenated alkanes) is 1. The maximum atomic E-state index is 12.2. The number of rotatable bonds is 10. The predicted octanol–water partition coefficient (Wildman–Crippen LogP) is 2.73. The van der Waals surface area contributed by atoms with Gasteiger partial charge in [-0.3, -0.25) is 24.1 Å². The highest BCUT2D eigenvalue weighted by Gasteiger charge is 2.34. The summed E-state index contributed by atoms with van der Waals surface area (Å²) in [5.41, 5.74) is 0.908. The summed E-state index contributed by atoms with van der Waals surface area (Å²) in [6.45, 7) is 2.14. The number of hydrogen-bond donors (Lipinski definition) is 0. The molecule has 0 N–H and O–H groups in total. The van der Waals surface area contributed by atoms with Gasteiger partial charge in [0.2, 0.25) is 0 Å². The third kappa shape index (κ3) is 4.54. The molecule has 2 rings (SSSR count). The molecule has 0 saturated heterocycles. The molecule has 5 nitrogen and oxygen atoms in total. The van der Waals surface area contributed by atoms with Crippen LogP contribution in [0.3, 0.4) is 0 Å². The second-order valence-electron chi connectivity index (χ2n) is 5.69. The van der Waals surface area contributed by atoms with E-state index in [1.54, 1.807) is 24.3 Å². The molecule has 1 aromatic rings. The Morgan fingerprint density at radius 1 is 0.958 bits per heavy atom. The number of thioether (sulfide) groups is 1. The summed E-state index contributed by atoms with van der Waals surface area (Å²) < 4.78 is 0. The van der Waals surface area contributed by atoms with Gasteiger partial charge in [0.15, 0.2) is 0 Å². The maximum Gasteiger partial charge on any atom is 0.261 e. The fourth-order valence-electron chi connectivity index (χ4n) is 2.49. The molecule has 0 radical (unpaired) electrons. The summed E-state index contributed by atoms with van der Waals surface area (Å²) in [6, 6.07) is 6.81. The highest BCUT2D eigenvalue weighted by atomic mass is 32.2. The average Bonchev–Trinajstić information content (AvgIpc) is 2.83. The molecule has 0 unspecified atom stereocenters. The molecule has 0 aromatic heterocycles. The molecule has 0 fully saturated rings. The highest BCUT2D eigenvalue weighted by Crippen LogP contribution is 2.22. The second kappa shape index (κ2) is 8.78. The number of benzene rings is 1. The zero-order valence-corrected chi connectivity index (χ0v) is 14.6. The normalized spacial score (nSPS) is 13.3. The molecule has 1 aliphatic heterocycles. The number of nitrogens with zero attached hydrogens (tertiary/aromatic N) is 1. The first-order chi connectivity index (χ1) is 11.5. The van der Waals surface area contributed by atoms with Gasteiger partial charge in [0, 0.05) is 19.4 Å². The van der Waals surface area contributed by atoms with Crippen LogP contribution in [-0.4, -0.2) is 46.3 Å². The van der Waals surface area contributed by atoms with Crippen LogP contribution in [0.4, 0.5) is 0 Å². The Morgan fingerprint density at radius 3 is 2.12 bits per heavy atom. The Bertz CT molecular complexity index is 621. The van der Waals surface area contributed by atoms with E-state index < -0.39 is 0 Å². The fraction of sp³-hybridized carbons (Fsp3) is 0.444. The van der Waals surface area contributed by atoms with Gasteiger partial charge in [0.05, 0.1) is 22.6 Å². The fourth-order valence-corrected chi connectivity index (χ4v) is 3.39. The molecule has 1 aromatic carbocycles. The number of Topliss-reactive ketones (excluding diaryl/α,β-unsaturated/α-hetero) is 2. The van der Waals surface area contributed by atoms with Crippen LogP contribution in [0, 0.1) is 0 Å². The largest absolute Gasteiger partial charge is 0.299 e. The topological polar surface area (TPSA) is 71.5 Å². The third-order valence-corrected chi connectivity index (χ3v) is 4.94. The van der Waals surface area contributed by atoms with Crippen LogP contribution >= 0.6 is 11.8 Å². The van der Waals surface area contributed by atoms with E-state index in [0.717, 1.165) is 0 Å². The van der Waals surface area contributed by atoms with Crippen molar-refractivity contribution in [3.8, 4) is 0 Å². The van der Waals surface area contributed by atoms with E-state index in [2.05, 4.69) is 0 Å². The number of imide groups is 1. The zero-order chi connectivity index (χ0) is 17.5. The van der Waals surface area contributed by atoms with Crippen molar-refractivity contribution in [2.24, 2.45) is 0 Å². The summed E-state index contributed by atoms with van der Waals surface area (Å²) in [5, 5.41) is 0. The lowest BCUT2D eigenvalue weighted by molar-refractivity contribution is -0.116. The van der Waals surface area contributed by atoms with E-state index >= 15 is 0 Å². The van der Waals surface area contributed by atoms with E-state index in [9.17, 15) is 19.2 Å².